The van der Waals surface area contributed by atoms with E-state index in [4.69, 9.17) is 0 Å². The Kier molecular flexibility index (Phi) is 3.65. The van der Waals surface area contributed by atoms with E-state index in [1.165, 1.54) is 24.1 Å². The van der Waals surface area contributed by atoms with Gasteiger partial charge in [-0.3, -0.25) is 19.7 Å². The van der Waals surface area contributed by atoms with Crippen molar-refractivity contribution in [3.05, 3.63) is 69.8 Å². The number of benzene rings is 2. The van der Waals surface area contributed by atoms with Crippen LogP contribution in [-0.4, -0.2) is 28.8 Å². The minimum atomic E-state index is -2.11. The van der Waals surface area contributed by atoms with Gasteiger partial charge in [0, 0.05) is 30.3 Å². The van der Waals surface area contributed by atoms with Gasteiger partial charge in [-0.25, -0.2) is 0 Å². The number of nitro benzene ring substituents is 1. The molecular weight excluding hydrogens is 312 g/mol. The third-order valence-corrected chi connectivity index (χ3v) is 4.17. The summed E-state index contributed by atoms with van der Waals surface area (Å²) in [7, 11) is 1.46. The zero-order chi connectivity index (χ0) is 17.5. The molecule has 1 heterocycles. The van der Waals surface area contributed by atoms with Gasteiger partial charge in [0.1, 0.15) is 0 Å². The number of carbonyl (C=O) groups is 2. The highest BCUT2D eigenvalue weighted by Crippen LogP contribution is 2.43. The van der Waals surface area contributed by atoms with Crippen molar-refractivity contribution in [3.63, 3.8) is 0 Å². The third kappa shape index (κ3) is 2.35. The van der Waals surface area contributed by atoms with Gasteiger partial charge < -0.3 is 10.0 Å². The van der Waals surface area contributed by atoms with Gasteiger partial charge in [-0.2, -0.15) is 0 Å². The Labute approximate surface area is 137 Å². The maximum atomic E-state index is 12.5. The van der Waals surface area contributed by atoms with Crippen molar-refractivity contribution in [1.29, 1.82) is 0 Å². The fraction of sp³-hybridized carbons (Fsp3) is 0.176. The average Bonchev–Trinajstić information content (AvgIpc) is 2.77. The molecule has 2 aromatic rings. The molecule has 1 amide bonds. The summed E-state index contributed by atoms with van der Waals surface area (Å²) in [5, 5.41) is 21.9. The van der Waals surface area contributed by atoms with E-state index >= 15 is 0 Å². The molecule has 0 bridgehead atoms. The molecular formula is C17H14N2O5. The summed E-state index contributed by atoms with van der Waals surface area (Å²) in [6.45, 7) is 0. The molecule has 7 nitrogen and oxygen atoms in total. The molecule has 0 aliphatic carbocycles. The average molecular weight is 326 g/mol. The van der Waals surface area contributed by atoms with Crippen LogP contribution in [0, 0.1) is 10.1 Å². The lowest BCUT2D eigenvalue weighted by Gasteiger charge is -2.21. The van der Waals surface area contributed by atoms with Gasteiger partial charge in [-0.1, -0.05) is 30.3 Å². The number of aliphatic hydroxyl groups is 1. The summed E-state index contributed by atoms with van der Waals surface area (Å²) >= 11 is 0. The van der Waals surface area contributed by atoms with E-state index in [0.29, 0.717) is 11.3 Å². The number of nitro groups is 1. The summed E-state index contributed by atoms with van der Waals surface area (Å²) in [5.41, 5.74) is -1.56. The van der Waals surface area contributed by atoms with Gasteiger partial charge in [-0.15, -0.1) is 0 Å². The number of hydrogen-bond donors (Lipinski definition) is 1. The van der Waals surface area contributed by atoms with Crippen LogP contribution in [0.5, 0.6) is 0 Å². The Hall–Kier alpha value is -3.06. The van der Waals surface area contributed by atoms with Gasteiger partial charge in [0.05, 0.1) is 17.0 Å². The van der Waals surface area contributed by atoms with Crippen molar-refractivity contribution < 1.29 is 19.6 Å². The van der Waals surface area contributed by atoms with Crippen LogP contribution in [0.4, 0.5) is 11.4 Å². The smallest absolute Gasteiger partial charge is 0.269 e. The van der Waals surface area contributed by atoms with E-state index in [1.54, 1.807) is 30.3 Å². The fourth-order valence-electron chi connectivity index (χ4n) is 2.89. The van der Waals surface area contributed by atoms with Gasteiger partial charge in [0.2, 0.25) is 0 Å². The number of likely N-dealkylation sites (N-methyl/N-ethyl adjacent to an activating group) is 1. The number of ketones is 1. The maximum Gasteiger partial charge on any atom is 0.269 e. The topological polar surface area (TPSA) is 101 Å². The van der Waals surface area contributed by atoms with Crippen LogP contribution in [0.15, 0.2) is 48.5 Å². The van der Waals surface area contributed by atoms with Gasteiger partial charge >= 0.3 is 0 Å². The monoisotopic (exact) mass is 326 g/mol. The molecule has 0 aromatic heterocycles. The lowest BCUT2D eigenvalue weighted by atomic mass is 9.88. The molecule has 1 aliphatic rings. The number of rotatable bonds is 4. The summed E-state index contributed by atoms with van der Waals surface area (Å²) in [4.78, 5) is 36.5. The molecule has 1 atom stereocenters. The molecule has 0 fully saturated rings. The van der Waals surface area contributed by atoms with Crippen LogP contribution in [0.3, 0.4) is 0 Å². The van der Waals surface area contributed by atoms with Crippen LogP contribution >= 0.6 is 0 Å². The molecule has 0 saturated carbocycles. The highest BCUT2D eigenvalue weighted by Gasteiger charge is 2.50. The summed E-state index contributed by atoms with van der Waals surface area (Å²) < 4.78 is 0. The van der Waals surface area contributed by atoms with Gasteiger partial charge in [0.15, 0.2) is 11.4 Å². The Morgan fingerprint density at radius 1 is 1.25 bits per heavy atom. The fourth-order valence-corrected chi connectivity index (χ4v) is 2.89. The number of Topliss-reactive ketones (excluding diaryl/α,β-unsaturated/α-hetero) is 1. The zero-order valence-corrected chi connectivity index (χ0v) is 12.8. The molecule has 3 rings (SSSR count). The number of anilines is 1. The Balaban J connectivity index is 2.04. The summed E-state index contributed by atoms with van der Waals surface area (Å²) in [5.74, 6) is -1.10. The molecule has 24 heavy (non-hydrogen) atoms. The minimum Gasteiger partial charge on any atom is -0.375 e. The highest BCUT2D eigenvalue weighted by molar-refractivity contribution is 6.10. The third-order valence-electron chi connectivity index (χ3n) is 4.17. The predicted octanol–water partition coefficient (Wildman–Crippen LogP) is 2.03. The van der Waals surface area contributed by atoms with E-state index < -0.39 is 28.6 Å². The molecule has 0 saturated heterocycles. The standard InChI is InChI=1S/C17H14N2O5/c1-18-14-8-7-12(19(23)24)9-13(14)17(22,16(18)21)10-15(20)11-5-3-2-4-6-11/h2-9,22H,10H2,1H3/t17-/m1/s1. The molecule has 2 aromatic carbocycles. The van der Waals surface area contributed by atoms with Crippen molar-refractivity contribution in [2.24, 2.45) is 0 Å². The number of amides is 1. The van der Waals surface area contributed by atoms with E-state index in [9.17, 15) is 24.8 Å². The first kappa shape index (κ1) is 15.8. The second-order valence-corrected chi connectivity index (χ2v) is 5.65. The SMILES string of the molecule is CN1C(=O)[C@@](O)(CC(=O)c2ccccc2)c2cc([N+](=O)[O-])ccc21. The van der Waals surface area contributed by atoms with Crippen molar-refractivity contribution in [2.75, 3.05) is 11.9 Å². The lowest BCUT2D eigenvalue weighted by molar-refractivity contribution is -0.385. The van der Waals surface area contributed by atoms with Crippen LogP contribution < -0.4 is 4.90 Å². The largest absolute Gasteiger partial charge is 0.375 e. The molecule has 1 aliphatic heterocycles. The molecule has 0 radical (unpaired) electrons. The van der Waals surface area contributed by atoms with E-state index in [2.05, 4.69) is 0 Å². The number of non-ortho nitro benzene ring substituents is 1. The van der Waals surface area contributed by atoms with E-state index in [0.717, 1.165) is 6.07 Å². The van der Waals surface area contributed by atoms with Gasteiger partial charge in [-0.05, 0) is 6.07 Å². The Morgan fingerprint density at radius 2 is 1.92 bits per heavy atom. The first-order valence-electron chi connectivity index (χ1n) is 7.22. The molecule has 122 valence electrons. The summed E-state index contributed by atoms with van der Waals surface area (Å²) in [6, 6.07) is 12.1. The van der Waals surface area contributed by atoms with Crippen molar-refractivity contribution in [2.45, 2.75) is 12.0 Å². The number of carbonyl (C=O) groups excluding carboxylic acids is 2. The first-order valence-corrected chi connectivity index (χ1v) is 7.22. The Bertz CT molecular complexity index is 849. The highest BCUT2D eigenvalue weighted by atomic mass is 16.6. The number of hydrogen-bond acceptors (Lipinski definition) is 5. The van der Waals surface area contributed by atoms with Crippen LogP contribution in [0.1, 0.15) is 22.3 Å². The molecule has 7 heteroatoms. The van der Waals surface area contributed by atoms with Crippen LogP contribution in [0.2, 0.25) is 0 Å². The van der Waals surface area contributed by atoms with E-state index in [-0.39, 0.29) is 11.3 Å². The Morgan fingerprint density at radius 3 is 2.54 bits per heavy atom. The maximum absolute atomic E-state index is 12.5. The number of nitrogens with zero attached hydrogens (tertiary/aromatic N) is 2. The van der Waals surface area contributed by atoms with Crippen molar-refractivity contribution in [3.8, 4) is 0 Å². The van der Waals surface area contributed by atoms with Crippen molar-refractivity contribution >= 4 is 23.1 Å². The summed E-state index contributed by atoms with van der Waals surface area (Å²) in [6.07, 6.45) is -0.478. The quantitative estimate of drug-likeness (QED) is 0.526. The molecule has 1 N–H and O–H groups in total. The van der Waals surface area contributed by atoms with E-state index in [1.807, 2.05) is 0 Å². The second-order valence-electron chi connectivity index (χ2n) is 5.65. The lowest BCUT2D eigenvalue weighted by Crippen LogP contribution is -2.40. The van der Waals surface area contributed by atoms with Crippen molar-refractivity contribution in [1.82, 2.24) is 0 Å². The second kappa shape index (κ2) is 5.54. The number of fused-ring (bicyclic) bond motifs is 1. The zero-order valence-electron chi connectivity index (χ0n) is 12.8. The first-order chi connectivity index (χ1) is 11.3. The van der Waals surface area contributed by atoms with Crippen LogP contribution in [-0.2, 0) is 10.4 Å². The van der Waals surface area contributed by atoms with Gasteiger partial charge in [0.25, 0.3) is 11.6 Å². The normalized spacial score (nSPS) is 19.2. The molecule has 0 unspecified atom stereocenters. The molecule has 0 spiro atoms. The van der Waals surface area contributed by atoms with Crippen LogP contribution in [0.25, 0.3) is 0 Å². The predicted molar refractivity (Wildman–Crippen MR) is 85.8 cm³/mol. The minimum absolute atomic E-state index is 0.0773.